The lowest BCUT2D eigenvalue weighted by Gasteiger charge is -2.43. The molecule has 2 aliphatic carbocycles. The second-order valence-corrected chi connectivity index (χ2v) is 17.0. The number of aromatic hydroxyl groups is 2. The summed E-state index contributed by atoms with van der Waals surface area (Å²) in [7, 11) is 1.31. The number of phenolic OH excluding ortho intramolecular Hbond substituents is 2. The molecule has 7 atom stereocenters. The van der Waals surface area contributed by atoms with Crippen molar-refractivity contribution in [1.29, 1.82) is 0 Å². The molecule has 10 N–H and O–H groups in total. The van der Waals surface area contributed by atoms with E-state index in [1.54, 1.807) is 6.92 Å². The average Bonchev–Trinajstić information content (AvgIpc) is 3.48. The standard InChI is InChI=1S/C41H51N5O14S/c1-19-35(51)22(42)14-30(59-19)60-24-17-41(57,16-21-32(24)39(55)34-33(37(21)53)36(52)20-8-6-9-23(58-2)31(20)38(34)54)26(18-47)44-45-28(49)11-4-3-5-12-46-29(50)15-25(40(46)56)61-13-7-10-27(43)48/h6,8-9,19,22,24-25,30,35,47,51,53,55,57H,3-5,7,10-18,42H2,1-2H3,(H2,43,48)(H,45,49)/b44-26+/t19-,22-,24-,25?,30?,35+,41-/m0/s1. The Hall–Kier alpha value is -4.96. The lowest BCUT2D eigenvalue weighted by molar-refractivity contribution is -0.245. The fourth-order valence-corrected chi connectivity index (χ4v) is 9.43. The fourth-order valence-electron chi connectivity index (χ4n) is 8.30. The minimum Gasteiger partial charge on any atom is -0.507 e. The number of imide groups is 1. The zero-order chi connectivity index (χ0) is 44.3. The number of nitrogens with zero attached hydrogens (tertiary/aromatic N) is 2. The molecule has 0 radical (unpaired) electrons. The number of hydrazone groups is 1. The summed E-state index contributed by atoms with van der Waals surface area (Å²) in [6.07, 6.45) is -3.38. The quantitative estimate of drug-likeness (QED) is 0.0303. The Morgan fingerprint density at radius 2 is 1.79 bits per heavy atom. The molecule has 4 amide bonds. The highest BCUT2D eigenvalue weighted by Gasteiger charge is 2.50. The lowest BCUT2D eigenvalue weighted by atomic mass is 9.71. The van der Waals surface area contributed by atoms with Gasteiger partial charge in [0.25, 0.3) is 0 Å². The predicted octanol–water partition coefficient (Wildman–Crippen LogP) is 0.591. The van der Waals surface area contributed by atoms with Crippen LogP contribution in [0.1, 0.15) is 114 Å². The molecular formula is C41H51N5O14S. The number of methoxy groups -OCH3 is 1. The molecule has 0 saturated carbocycles. The molecule has 2 unspecified atom stereocenters. The van der Waals surface area contributed by atoms with E-state index in [-0.39, 0.29) is 77.8 Å². The molecule has 2 aromatic carbocycles. The normalized spacial score (nSPS) is 26.2. The predicted molar refractivity (Wildman–Crippen MR) is 217 cm³/mol. The number of hydrogen-bond acceptors (Lipinski definition) is 17. The maximum atomic E-state index is 14.0. The van der Waals surface area contributed by atoms with Crippen LogP contribution in [0.4, 0.5) is 0 Å². The third-order valence-corrected chi connectivity index (χ3v) is 12.8. The van der Waals surface area contributed by atoms with Crippen LogP contribution in [0.25, 0.3) is 0 Å². The van der Waals surface area contributed by atoms with Crippen LogP contribution >= 0.6 is 11.8 Å². The second-order valence-electron chi connectivity index (χ2n) is 15.7. The van der Waals surface area contributed by atoms with Crippen molar-refractivity contribution in [2.45, 2.75) is 113 Å². The summed E-state index contributed by atoms with van der Waals surface area (Å²) in [5, 5.41) is 60.3. The maximum absolute atomic E-state index is 14.0. The van der Waals surface area contributed by atoms with E-state index < -0.39 is 107 Å². The van der Waals surface area contributed by atoms with Gasteiger partial charge < -0.3 is 51.2 Å². The summed E-state index contributed by atoms with van der Waals surface area (Å²) in [5.74, 6) is -4.00. The van der Waals surface area contributed by atoms with Crippen LogP contribution in [0, 0.1) is 0 Å². The SMILES string of the molecule is COc1cccc2c1C(=O)c1c(O)c3c(c(O)c1C2=O)C[C@@](O)(/C(CO)=N/NC(=O)CCCCCN1C(=O)CC(SCCCC(N)=O)C1=O)C[C@@H]3OC1C[C@H](N)[C@H](O)[C@H](C)O1. The number of aliphatic hydroxyl groups is 3. The third-order valence-electron chi connectivity index (χ3n) is 11.5. The summed E-state index contributed by atoms with van der Waals surface area (Å²) >= 11 is 1.32. The number of carbonyl (C=O) groups is 6. The second kappa shape index (κ2) is 19.0. The van der Waals surface area contributed by atoms with Crippen LogP contribution < -0.4 is 21.6 Å². The van der Waals surface area contributed by atoms with Crippen molar-refractivity contribution in [1.82, 2.24) is 10.3 Å². The number of ether oxygens (including phenoxy) is 3. The van der Waals surface area contributed by atoms with Gasteiger partial charge in [-0.1, -0.05) is 18.6 Å². The van der Waals surface area contributed by atoms with Crippen molar-refractivity contribution in [2.75, 3.05) is 26.0 Å². The molecule has 2 saturated heterocycles. The zero-order valence-corrected chi connectivity index (χ0v) is 34.6. The van der Waals surface area contributed by atoms with E-state index in [1.807, 2.05) is 0 Å². The van der Waals surface area contributed by atoms with Gasteiger partial charge in [-0.15, -0.1) is 11.8 Å². The Kier molecular flexibility index (Phi) is 14.2. The first-order valence-corrected chi connectivity index (χ1v) is 21.1. The van der Waals surface area contributed by atoms with E-state index in [0.717, 1.165) is 0 Å². The van der Waals surface area contributed by atoms with Gasteiger partial charge in [-0.3, -0.25) is 33.7 Å². The number of primary amides is 1. The maximum Gasteiger partial charge on any atom is 0.242 e. The molecule has 2 heterocycles. The van der Waals surface area contributed by atoms with Gasteiger partial charge in [-0.2, -0.15) is 5.10 Å². The molecule has 2 aromatic rings. The molecule has 19 nitrogen and oxygen atoms in total. The van der Waals surface area contributed by atoms with Crippen molar-refractivity contribution in [3.63, 3.8) is 0 Å². The van der Waals surface area contributed by atoms with Crippen LogP contribution in [-0.4, -0.2) is 133 Å². The molecule has 0 aromatic heterocycles. The highest BCUT2D eigenvalue weighted by atomic mass is 32.2. The summed E-state index contributed by atoms with van der Waals surface area (Å²) in [6, 6.07) is 3.55. The summed E-state index contributed by atoms with van der Waals surface area (Å²) in [6.45, 7) is 0.867. The van der Waals surface area contributed by atoms with E-state index in [0.29, 0.717) is 31.4 Å². The van der Waals surface area contributed by atoms with E-state index in [9.17, 15) is 54.3 Å². The number of phenols is 2. The number of amides is 4. The Morgan fingerprint density at radius 1 is 1.05 bits per heavy atom. The monoisotopic (exact) mass is 869 g/mol. The third kappa shape index (κ3) is 9.30. The highest BCUT2D eigenvalue weighted by Crippen LogP contribution is 2.52. The van der Waals surface area contributed by atoms with Gasteiger partial charge in [0.1, 0.15) is 22.8 Å². The zero-order valence-electron chi connectivity index (χ0n) is 33.8. The van der Waals surface area contributed by atoms with Crippen molar-refractivity contribution in [2.24, 2.45) is 16.6 Å². The van der Waals surface area contributed by atoms with E-state index >= 15 is 0 Å². The number of hydrogen-bond donors (Lipinski definition) is 8. The largest absolute Gasteiger partial charge is 0.507 e. The average molecular weight is 870 g/mol. The van der Waals surface area contributed by atoms with Crippen LogP contribution in [0.3, 0.4) is 0 Å². The molecule has 20 heteroatoms. The van der Waals surface area contributed by atoms with Gasteiger partial charge in [0.05, 0.1) is 59.7 Å². The number of rotatable bonds is 17. The van der Waals surface area contributed by atoms with Gasteiger partial charge in [-0.05, 0) is 38.0 Å². The Labute approximate surface area is 354 Å². The molecule has 0 bridgehead atoms. The topological polar surface area (TPSA) is 311 Å². The number of nitrogens with two attached hydrogens (primary N) is 2. The smallest absolute Gasteiger partial charge is 0.242 e. The Morgan fingerprint density at radius 3 is 2.48 bits per heavy atom. The van der Waals surface area contributed by atoms with Crippen molar-refractivity contribution in [3.8, 4) is 17.2 Å². The lowest BCUT2D eigenvalue weighted by Crippen LogP contribution is -2.53. The summed E-state index contributed by atoms with van der Waals surface area (Å²) in [5.41, 5.74) is 9.56. The number of thioether (sulfide) groups is 1. The number of likely N-dealkylation sites (tertiary alicyclic amines) is 1. The summed E-state index contributed by atoms with van der Waals surface area (Å²) in [4.78, 5) is 78.2. The first-order chi connectivity index (χ1) is 29.0. The molecule has 61 heavy (non-hydrogen) atoms. The van der Waals surface area contributed by atoms with Crippen molar-refractivity contribution in [3.05, 3.63) is 51.6 Å². The number of benzene rings is 2. The van der Waals surface area contributed by atoms with Crippen LogP contribution in [0.15, 0.2) is 23.3 Å². The van der Waals surface area contributed by atoms with Gasteiger partial charge in [0.15, 0.2) is 12.1 Å². The molecule has 4 aliphatic rings. The van der Waals surface area contributed by atoms with Gasteiger partial charge in [-0.25, -0.2) is 5.43 Å². The van der Waals surface area contributed by atoms with Crippen molar-refractivity contribution >= 4 is 52.7 Å². The van der Waals surface area contributed by atoms with Crippen LogP contribution in [0.5, 0.6) is 17.2 Å². The molecular weight excluding hydrogens is 819 g/mol. The number of unbranched alkanes of at least 4 members (excludes halogenated alkanes) is 2. The van der Waals surface area contributed by atoms with Crippen molar-refractivity contribution < 1.29 is 68.5 Å². The number of fused-ring (bicyclic) bond motifs is 3. The molecule has 0 spiro atoms. The van der Waals surface area contributed by atoms with Gasteiger partial charge in [0, 0.05) is 67.8 Å². The highest BCUT2D eigenvalue weighted by molar-refractivity contribution is 8.00. The molecule has 2 aliphatic heterocycles. The number of carbonyl (C=O) groups excluding carboxylic acids is 6. The van der Waals surface area contributed by atoms with Gasteiger partial charge >= 0.3 is 0 Å². The van der Waals surface area contributed by atoms with E-state index in [2.05, 4.69) is 10.5 Å². The Bertz CT molecular complexity index is 2120. The first kappa shape index (κ1) is 45.6. The number of nitrogens with one attached hydrogen (secondary N) is 1. The molecule has 330 valence electrons. The summed E-state index contributed by atoms with van der Waals surface area (Å²) < 4.78 is 17.5. The van der Waals surface area contributed by atoms with Crippen LogP contribution in [0.2, 0.25) is 0 Å². The number of aliphatic hydroxyl groups excluding tert-OH is 2. The van der Waals surface area contributed by atoms with E-state index in [1.165, 1.54) is 42.0 Å². The van der Waals surface area contributed by atoms with E-state index in [4.69, 9.17) is 25.7 Å². The fraction of sp³-hybridized carbons (Fsp3) is 0.537. The minimum absolute atomic E-state index is 0.0314. The molecule has 6 rings (SSSR count). The number of ketones is 2. The first-order valence-electron chi connectivity index (χ1n) is 20.1. The van der Waals surface area contributed by atoms with Crippen LogP contribution in [-0.2, 0) is 35.1 Å². The minimum atomic E-state index is -2.19. The Balaban J connectivity index is 1.17. The molecule has 2 fully saturated rings. The van der Waals surface area contributed by atoms with Gasteiger partial charge in [0.2, 0.25) is 29.4 Å².